The van der Waals surface area contributed by atoms with E-state index >= 15 is 0 Å². The fraction of sp³-hybridized carbons (Fsp3) is 0.0476. The van der Waals surface area contributed by atoms with E-state index in [-0.39, 0.29) is 6.04 Å². The Morgan fingerprint density at radius 2 is 1.15 bits per heavy atom. The number of para-hydroxylation sites is 4. The van der Waals surface area contributed by atoms with Gasteiger partial charge >= 0.3 is 0 Å². The topological polar surface area (TPSA) is 47.9 Å². The van der Waals surface area contributed by atoms with Crippen LogP contribution < -0.4 is 11.1 Å². The van der Waals surface area contributed by atoms with Crippen molar-refractivity contribution in [3.8, 4) is 5.69 Å². The molecule has 0 spiro atoms. The summed E-state index contributed by atoms with van der Waals surface area (Å²) in [4.78, 5) is 0. The van der Waals surface area contributed by atoms with E-state index in [9.17, 15) is 0 Å². The van der Waals surface area contributed by atoms with E-state index in [0.29, 0.717) is 0 Å². The molecule has 4 heteroatoms. The maximum Gasteiger partial charge on any atom is 0.101 e. The van der Waals surface area contributed by atoms with Crippen LogP contribution in [0.15, 0.2) is 176 Å². The van der Waals surface area contributed by atoms with Crippen molar-refractivity contribution in [2.24, 2.45) is 5.73 Å². The highest BCUT2D eigenvalue weighted by Gasteiger charge is 2.20. The maximum absolute atomic E-state index is 7.09. The quantitative estimate of drug-likeness (QED) is 0.172. The minimum absolute atomic E-state index is 0.105. The fourth-order valence-corrected chi connectivity index (χ4v) is 6.78. The van der Waals surface area contributed by atoms with Crippen molar-refractivity contribution in [1.29, 1.82) is 0 Å². The normalized spacial score (nSPS) is 13.2. The van der Waals surface area contributed by atoms with Gasteiger partial charge in [-0.15, -0.1) is 0 Å². The van der Waals surface area contributed by atoms with E-state index in [4.69, 9.17) is 5.73 Å². The molecule has 0 aliphatic carbocycles. The van der Waals surface area contributed by atoms with Crippen LogP contribution in [0.5, 0.6) is 0 Å². The molecular formula is C42H34N4. The molecule has 6 aromatic carbocycles. The van der Waals surface area contributed by atoms with Crippen molar-refractivity contribution in [3.63, 3.8) is 0 Å². The summed E-state index contributed by atoms with van der Waals surface area (Å²) in [6.45, 7) is 4.50. The first kappa shape index (κ1) is 27.7. The standard InChI is InChI=1S/C42H34N4/c1-29(42(30-15-5-2-6-16-30)44-31-17-7-3-8-18-31)25-26-41(43)46-38-24-14-12-22-34(38)36-27-35-33-21-11-13-23-37(33)45(39(35)28-40(36)46)32-19-9-4-10-20-32/h2-28,41-42,44H,1,43H2/b26-25-. The molecule has 0 saturated carbocycles. The number of fused-ring (bicyclic) bond motifs is 6. The van der Waals surface area contributed by atoms with Gasteiger partial charge in [0.25, 0.3) is 0 Å². The number of hydrogen-bond donors (Lipinski definition) is 2. The van der Waals surface area contributed by atoms with Crippen LogP contribution in [0, 0.1) is 0 Å². The monoisotopic (exact) mass is 594 g/mol. The second-order valence-electron chi connectivity index (χ2n) is 11.7. The minimum atomic E-state index is -0.417. The molecule has 46 heavy (non-hydrogen) atoms. The molecule has 0 aliphatic heterocycles. The van der Waals surface area contributed by atoms with Crippen molar-refractivity contribution in [2.45, 2.75) is 12.2 Å². The predicted molar refractivity (Wildman–Crippen MR) is 195 cm³/mol. The van der Waals surface area contributed by atoms with Gasteiger partial charge in [0.05, 0.1) is 28.1 Å². The Labute approximate surface area is 268 Å². The summed E-state index contributed by atoms with van der Waals surface area (Å²) in [7, 11) is 0. The average molecular weight is 595 g/mol. The van der Waals surface area contributed by atoms with Crippen molar-refractivity contribution in [1.82, 2.24) is 9.13 Å². The Kier molecular flexibility index (Phi) is 6.97. The summed E-state index contributed by atoms with van der Waals surface area (Å²) >= 11 is 0. The molecule has 0 fully saturated rings. The van der Waals surface area contributed by atoms with Crippen molar-refractivity contribution in [3.05, 3.63) is 182 Å². The number of nitrogens with zero attached hydrogens (tertiary/aromatic N) is 2. The van der Waals surface area contributed by atoms with Gasteiger partial charge in [0.2, 0.25) is 0 Å². The molecule has 8 aromatic rings. The van der Waals surface area contributed by atoms with Crippen LogP contribution in [-0.4, -0.2) is 9.13 Å². The van der Waals surface area contributed by atoms with E-state index in [1.54, 1.807) is 0 Å². The molecule has 222 valence electrons. The number of anilines is 1. The molecule has 3 N–H and O–H groups in total. The summed E-state index contributed by atoms with van der Waals surface area (Å²) in [6.07, 6.45) is 3.71. The highest BCUT2D eigenvalue weighted by molar-refractivity contribution is 6.18. The summed E-state index contributed by atoms with van der Waals surface area (Å²) in [6, 6.07) is 53.0. The predicted octanol–water partition coefficient (Wildman–Crippen LogP) is 10.3. The van der Waals surface area contributed by atoms with Crippen LogP contribution in [-0.2, 0) is 0 Å². The van der Waals surface area contributed by atoms with Crippen molar-refractivity contribution in [2.75, 3.05) is 5.32 Å². The molecule has 8 rings (SSSR count). The molecule has 0 radical (unpaired) electrons. The first-order valence-electron chi connectivity index (χ1n) is 15.7. The molecule has 2 atom stereocenters. The number of aromatic nitrogens is 2. The fourth-order valence-electron chi connectivity index (χ4n) is 6.78. The minimum Gasteiger partial charge on any atom is -0.374 e. The maximum atomic E-state index is 7.09. The van der Waals surface area contributed by atoms with Crippen LogP contribution in [0.1, 0.15) is 17.8 Å². The Balaban J connectivity index is 1.26. The summed E-state index contributed by atoms with van der Waals surface area (Å²) in [5.41, 5.74) is 15.9. The van der Waals surface area contributed by atoms with Gasteiger partial charge in [0.1, 0.15) is 6.17 Å². The molecule has 2 unspecified atom stereocenters. The molecule has 0 amide bonds. The average Bonchev–Trinajstić information content (AvgIpc) is 3.61. The Hall–Kier alpha value is -5.84. The van der Waals surface area contributed by atoms with Crippen molar-refractivity contribution < 1.29 is 0 Å². The first-order chi connectivity index (χ1) is 22.7. The van der Waals surface area contributed by atoms with E-state index in [1.807, 2.05) is 24.3 Å². The third kappa shape index (κ3) is 4.76. The Morgan fingerprint density at radius 1 is 0.587 bits per heavy atom. The lowest BCUT2D eigenvalue weighted by Gasteiger charge is -2.22. The third-order valence-electron chi connectivity index (χ3n) is 8.91. The number of hydrogen-bond acceptors (Lipinski definition) is 2. The molecular weight excluding hydrogens is 560 g/mol. The van der Waals surface area contributed by atoms with Gasteiger partial charge < -0.3 is 20.2 Å². The lowest BCUT2D eigenvalue weighted by molar-refractivity contribution is 0.675. The van der Waals surface area contributed by atoms with Gasteiger partial charge in [-0.25, -0.2) is 0 Å². The van der Waals surface area contributed by atoms with Gasteiger partial charge in [-0.2, -0.15) is 0 Å². The van der Waals surface area contributed by atoms with Gasteiger partial charge in [0.15, 0.2) is 0 Å². The zero-order chi connectivity index (χ0) is 31.0. The van der Waals surface area contributed by atoms with E-state index in [1.165, 1.54) is 27.1 Å². The second kappa shape index (κ2) is 11.6. The van der Waals surface area contributed by atoms with Crippen LogP contribution >= 0.6 is 0 Å². The Morgan fingerprint density at radius 3 is 1.87 bits per heavy atom. The number of rotatable bonds is 8. The SMILES string of the molecule is C=C(/C=C\C(N)n1c2ccccc2c2cc3c4ccccc4n(-c4ccccc4)c3cc21)C(Nc1ccccc1)c1ccccc1. The van der Waals surface area contributed by atoms with Crippen LogP contribution in [0.4, 0.5) is 5.69 Å². The lowest BCUT2D eigenvalue weighted by atomic mass is 9.98. The highest BCUT2D eigenvalue weighted by atomic mass is 15.1. The highest BCUT2D eigenvalue weighted by Crippen LogP contribution is 2.39. The molecule has 0 aliphatic rings. The van der Waals surface area contributed by atoms with Crippen molar-refractivity contribution >= 4 is 49.3 Å². The smallest absolute Gasteiger partial charge is 0.101 e. The van der Waals surface area contributed by atoms with E-state index in [2.05, 4.69) is 161 Å². The zero-order valence-electron chi connectivity index (χ0n) is 25.4. The molecule has 0 bridgehead atoms. The van der Waals surface area contributed by atoms with Crippen LogP contribution in [0.2, 0.25) is 0 Å². The number of nitrogens with one attached hydrogen (secondary N) is 1. The van der Waals surface area contributed by atoms with Gasteiger partial charge in [0, 0.05) is 32.9 Å². The molecule has 2 aromatic heterocycles. The first-order valence-corrected chi connectivity index (χ1v) is 15.7. The second-order valence-corrected chi connectivity index (χ2v) is 11.7. The third-order valence-corrected chi connectivity index (χ3v) is 8.91. The van der Waals surface area contributed by atoms with Gasteiger partial charge in [-0.1, -0.05) is 116 Å². The summed E-state index contributed by atoms with van der Waals surface area (Å²) < 4.78 is 4.61. The Bertz CT molecular complexity index is 2360. The molecule has 0 saturated heterocycles. The summed E-state index contributed by atoms with van der Waals surface area (Å²) in [5, 5.41) is 8.50. The van der Waals surface area contributed by atoms with Gasteiger partial charge in [-0.05, 0) is 65.7 Å². The summed E-state index contributed by atoms with van der Waals surface area (Å²) in [5.74, 6) is 0. The van der Waals surface area contributed by atoms with Gasteiger partial charge in [-0.3, -0.25) is 0 Å². The lowest BCUT2D eigenvalue weighted by Crippen LogP contribution is -2.17. The molecule has 4 nitrogen and oxygen atoms in total. The van der Waals surface area contributed by atoms with E-state index < -0.39 is 6.17 Å². The number of benzene rings is 6. The zero-order valence-corrected chi connectivity index (χ0v) is 25.4. The van der Waals surface area contributed by atoms with E-state index in [0.717, 1.165) is 39.1 Å². The van der Waals surface area contributed by atoms with Crippen LogP contribution in [0.3, 0.4) is 0 Å². The largest absolute Gasteiger partial charge is 0.374 e. The number of nitrogens with two attached hydrogens (primary N) is 1. The van der Waals surface area contributed by atoms with Crippen LogP contribution in [0.25, 0.3) is 49.3 Å². The molecule has 2 heterocycles.